The molecule has 2 rings (SSSR count). The number of ether oxygens (including phenoxy) is 1. The van der Waals surface area contributed by atoms with Gasteiger partial charge in [-0.25, -0.2) is 9.78 Å². The lowest BCUT2D eigenvalue weighted by Gasteiger charge is -2.09. The van der Waals surface area contributed by atoms with E-state index in [4.69, 9.17) is 11.6 Å². The highest BCUT2D eigenvalue weighted by molar-refractivity contribution is 6.31. The van der Waals surface area contributed by atoms with Crippen LogP contribution >= 0.6 is 11.6 Å². The summed E-state index contributed by atoms with van der Waals surface area (Å²) >= 11 is 6.09. The molecule has 1 heterocycles. The van der Waals surface area contributed by atoms with E-state index in [2.05, 4.69) is 15.0 Å². The van der Waals surface area contributed by atoms with Crippen molar-refractivity contribution in [2.75, 3.05) is 12.4 Å². The van der Waals surface area contributed by atoms with Gasteiger partial charge in [0.1, 0.15) is 5.82 Å². The molecule has 0 saturated heterocycles. The summed E-state index contributed by atoms with van der Waals surface area (Å²) < 4.78 is 4.69. The zero-order chi connectivity index (χ0) is 14.5. The minimum atomic E-state index is -0.382. The van der Waals surface area contributed by atoms with Crippen molar-refractivity contribution < 1.29 is 9.53 Å². The molecule has 5 heteroatoms. The fourth-order valence-electron chi connectivity index (χ4n) is 1.81. The largest absolute Gasteiger partial charge is 0.465 e. The van der Waals surface area contributed by atoms with Crippen LogP contribution < -0.4 is 5.32 Å². The number of hydrogen-bond acceptors (Lipinski definition) is 4. The molecule has 0 bridgehead atoms. The van der Waals surface area contributed by atoms with E-state index in [1.54, 1.807) is 19.1 Å². The molecular weight excluding hydrogens is 276 g/mol. The second-order valence-electron chi connectivity index (χ2n) is 4.27. The third kappa shape index (κ3) is 3.27. The maximum Gasteiger partial charge on any atom is 0.339 e. The number of nitrogens with one attached hydrogen (secondary N) is 1. The molecule has 0 fully saturated rings. The molecule has 0 spiro atoms. The average Bonchev–Trinajstić information content (AvgIpc) is 2.46. The van der Waals surface area contributed by atoms with Crippen molar-refractivity contribution >= 4 is 23.4 Å². The Morgan fingerprint density at radius 3 is 2.70 bits per heavy atom. The topological polar surface area (TPSA) is 51.2 Å². The number of carbonyl (C=O) groups excluding carboxylic acids is 1. The molecule has 0 saturated carbocycles. The van der Waals surface area contributed by atoms with Crippen LogP contribution in [0.2, 0.25) is 5.02 Å². The highest BCUT2D eigenvalue weighted by Gasteiger charge is 2.10. The number of rotatable bonds is 4. The van der Waals surface area contributed by atoms with E-state index in [9.17, 15) is 4.79 Å². The number of anilines is 1. The van der Waals surface area contributed by atoms with Crippen LogP contribution in [0.5, 0.6) is 0 Å². The monoisotopic (exact) mass is 290 g/mol. The Balaban J connectivity index is 2.10. The standard InChI is InChI=1S/C15H15ClN2O2/c1-10-12(15(19)20-2)7-8-14(18-10)17-9-11-5-3-4-6-13(11)16/h3-8H,9H2,1-2H3,(H,17,18). The lowest BCUT2D eigenvalue weighted by atomic mass is 10.2. The van der Waals surface area contributed by atoms with Crippen LogP contribution in [-0.4, -0.2) is 18.1 Å². The molecule has 1 aromatic carbocycles. The van der Waals surface area contributed by atoms with Gasteiger partial charge in [0.05, 0.1) is 18.4 Å². The van der Waals surface area contributed by atoms with Crippen molar-refractivity contribution in [3.8, 4) is 0 Å². The van der Waals surface area contributed by atoms with E-state index in [1.165, 1.54) is 7.11 Å². The number of carbonyl (C=O) groups is 1. The normalized spacial score (nSPS) is 10.2. The Morgan fingerprint density at radius 1 is 1.30 bits per heavy atom. The molecule has 2 aromatic rings. The van der Waals surface area contributed by atoms with Gasteiger partial charge in [0.2, 0.25) is 0 Å². The number of halogens is 1. The molecule has 0 unspecified atom stereocenters. The second kappa shape index (κ2) is 6.39. The molecule has 0 radical (unpaired) electrons. The quantitative estimate of drug-likeness (QED) is 0.876. The number of nitrogens with zero attached hydrogens (tertiary/aromatic N) is 1. The predicted molar refractivity (Wildman–Crippen MR) is 79.1 cm³/mol. The Bertz CT molecular complexity index is 629. The van der Waals surface area contributed by atoms with Crippen molar-refractivity contribution in [2.45, 2.75) is 13.5 Å². The Kier molecular flexibility index (Phi) is 4.58. The van der Waals surface area contributed by atoms with E-state index in [0.29, 0.717) is 28.6 Å². The second-order valence-corrected chi connectivity index (χ2v) is 4.67. The number of pyridine rings is 1. The summed E-state index contributed by atoms with van der Waals surface area (Å²) in [6, 6.07) is 11.1. The lowest BCUT2D eigenvalue weighted by molar-refractivity contribution is 0.0599. The van der Waals surface area contributed by atoms with E-state index in [1.807, 2.05) is 24.3 Å². The van der Waals surface area contributed by atoms with Gasteiger partial charge in [-0.2, -0.15) is 0 Å². The first kappa shape index (κ1) is 14.3. The van der Waals surface area contributed by atoms with E-state index in [-0.39, 0.29) is 5.97 Å². The molecule has 1 aromatic heterocycles. The van der Waals surface area contributed by atoms with Crippen molar-refractivity contribution in [1.82, 2.24) is 4.98 Å². The van der Waals surface area contributed by atoms with Gasteiger partial charge in [-0.3, -0.25) is 0 Å². The van der Waals surface area contributed by atoms with Crippen molar-refractivity contribution in [1.29, 1.82) is 0 Å². The van der Waals surface area contributed by atoms with Crippen LogP contribution in [0, 0.1) is 6.92 Å². The van der Waals surface area contributed by atoms with Crippen LogP contribution in [0.4, 0.5) is 5.82 Å². The average molecular weight is 291 g/mol. The van der Waals surface area contributed by atoms with Gasteiger partial charge < -0.3 is 10.1 Å². The van der Waals surface area contributed by atoms with Crippen molar-refractivity contribution in [3.05, 3.63) is 58.2 Å². The Hall–Kier alpha value is -2.07. The van der Waals surface area contributed by atoms with Crippen molar-refractivity contribution in [3.63, 3.8) is 0 Å². The first-order valence-corrected chi connectivity index (χ1v) is 6.53. The summed E-state index contributed by atoms with van der Waals surface area (Å²) in [6.07, 6.45) is 0. The molecule has 4 nitrogen and oxygen atoms in total. The maximum atomic E-state index is 11.5. The molecule has 0 aliphatic carbocycles. The van der Waals surface area contributed by atoms with Crippen LogP contribution in [0.3, 0.4) is 0 Å². The summed E-state index contributed by atoms with van der Waals surface area (Å²) in [5.41, 5.74) is 2.09. The third-order valence-corrected chi connectivity index (χ3v) is 3.28. The van der Waals surface area contributed by atoms with E-state index >= 15 is 0 Å². The first-order valence-electron chi connectivity index (χ1n) is 6.15. The first-order chi connectivity index (χ1) is 9.61. The molecule has 104 valence electrons. The van der Waals surface area contributed by atoms with Crippen LogP contribution in [0.1, 0.15) is 21.6 Å². The van der Waals surface area contributed by atoms with Gasteiger partial charge in [-0.15, -0.1) is 0 Å². The molecule has 20 heavy (non-hydrogen) atoms. The van der Waals surface area contributed by atoms with Crippen LogP contribution in [0.15, 0.2) is 36.4 Å². The minimum Gasteiger partial charge on any atom is -0.465 e. The highest BCUT2D eigenvalue weighted by atomic mass is 35.5. The molecular formula is C15H15ClN2O2. The zero-order valence-electron chi connectivity index (χ0n) is 11.3. The maximum absolute atomic E-state index is 11.5. The van der Waals surface area contributed by atoms with Crippen molar-refractivity contribution in [2.24, 2.45) is 0 Å². The minimum absolute atomic E-state index is 0.382. The summed E-state index contributed by atoms with van der Waals surface area (Å²) in [7, 11) is 1.35. The number of aryl methyl sites for hydroxylation is 1. The summed E-state index contributed by atoms with van der Waals surface area (Å²) in [5.74, 6) is 0.308. The van der Waals surface area contributed by atoms with Gasteiger partial charge in [0.25, 0.3) is 0 Å². The fourth-order valence-corrected chi connectivity index (χ4v) is 2.02. The summed E-state index contributed by atoms with van der Waals surface area (Å²) in [6.45, 7) is 2.34. The summed E-state index contributed by atoms with van der Waals surface area (Å²) in [5, 5.41) is 3.89. The predicted octanol–water partition coefficient (Wildman–Crippen LogP) is 3.44. The van der Waals surface area contributed by atoms with E-state index in [0.717, 1.165) is 5.56 Å². The molecule has 0 aliphatic rings. The third-order valence-electron chi connectivity index (χ3n) is 2.91. The van der Waals surface area contributed by atoms with Gasteiger partial charge in [0, 0.05) is 11.6 Å². The molecule has 0 amide bonds. The zero-order valence-corrected chi connectivity index (χ0v) is 12.1. The summed E-state index contributed by atoms with van der Waals surface area (Å²) in [4.78, 5) is 15.8. The fraction of sp³-hybridized carbons (Fsp3) is 0.200. The van der Waals surface area contributed by atoms with Crippen LogP contribution in [0.25, 0.3) is 0 Å². The molecule has 0 aliphatic heterocycles. The lowest BCUT2D eigenvalue weighted by Crippen LogP contribution is -2.08. The van der Waals surface area contributed by atoms with Crippen LogP contribution in [-0.2, 0) is 11.3 Å². The molecule has 0 atom stereocenters. The highest BCUT2D eigenvalue weighted by Crippen LogP contribution is 2.17. The number of methoxy groups -OCH3 is 1. The number of hydrogen-bond donors (Lipinski definition) is 1. The smallest absolute Gasteiger partial charge is 0.339 e. The Morgan fingerprint density at radius 2 is 2.05 bits per heavy atom. The van der Waals surface area contributed by atoms with Gasteiger partial charge in [-0.1, -0.05) is 29.8 Å². The SMILES string of the molecule is COC(=O)c1ccc(NCc2ccccc2Cl)nc1C. The van der Waals surface area contributed by atoms with Gasteiger partial charge in [0.15, 0.2) is 0 Å². The Labute approximate surface area is 122 Å². The van der Waals surface area contributed by atoms with Gasteiger partial charge in [-0.05, 0) is 30.7 Å². The number of esters is 1. The van der Waals surface area contributed by atoms with Gasteiger partial charge >= 0.3 is 5.97 Å². The number of benzene rings is 1. The molecule has 1 N–H and O–H groups in total. The number of aromatic nitrogens is 1. The van der Waals surface area contributed by atoms with E-state index < -0.39 is 0 Å².